The minimum absolute atomic E-state index is 0. The van der Waals surface area contributed by atoms with E-state index in [1.54, 1.807) is 12.1 Å². The molecule has 1 aromatic carbocycles. The van der Waals surface area contributed by atoms with Crippen LogP contribution in [0, 0.1) is 16.2 Å². The fourth-order valence-corrected chi connectivity index (χ4v) is 0.497. The number of rotatable bonds is 1. The van der Waals surface area contributed by atoms with Crippen LogP contribution >= 0.6 is 0 Å². The van der Waals surface area contributed by atoms with E-state index < -0.39 is 4.92 Å². The van der Waals surface area contributed by atoms with Crippen molar-refractivity contribution in [2.24, 2.45) is 0 Å². The summed E-state index contributed by atoms with van der Waals surface area (Å²) in [7, 11) is 0. The Balaban J connectivity index is 0.000000810. The average molecular weight is 306 g/mol. The Morgan fingerprint density at radius 2 is 2.20 bits per heavy atom. The van der Waals surface area contributed by atoms with Crippen LogP contribution in [0.5, 0.6) is 0 Å². The molecule has 0 aliphatic rings. The quantitative estimate of drug-likeness (QED) is 0.447. The third-order valence-electron chi connectivity index (χ3n) is 0.889. The number of hydrogen-bond donors (Lipinski definition) is 0. The van der Waals surface area contributed by atoms with Gasteiger partial charge in [0.15, 0.2) is 5.69 Å². The molecule has 0 saturated heterocycles. The summed E-state index contributed by atoms with van der Waals surface area (Å²) in [4.78, 5) is 9.50. The Kier molecular flexibility index (Phi) is 3.89. The number of non-ortho nitro benzene ring substituents is 1. The largest absolute Gasteiger partial charge is 0.260 e. The molecule has 0 heterocycles. The number of benzene rings is 1. The zero-order chi connectivity index (χ0) is 6.69. The Hall–Kier alpha value is -0.692. The van der Waals surface area contributed by atoms with Crippen molar-refractivity contribution in [2.75, 3.05) is 0 Å². The van der Waals surface area contributed by atoms with Crippen LogP contribution in [0.2, 0.25) is 0 Å². The van der Waals surface area contributed by atoms with Gasteiger partial charge in [0.25, 0.3) is 0 Å². The van der Waals surface area contributed by atoms with E-state index in [0.717, 1.165) is 0 Å². The first-order chi connectivity index (χ1) is 4.30. The standard InChI is InChI=1S/C6H4NO2.W/c8-7(9)6-4-2-1-3-5-6;/h1-4H;/q-1;. The molecule has 3 nitrogen and oxygen atoms in total. The van der Waals surface area contributed by atoms with Crippen molar-refractivity contribution in [3.8, 4) is 0 Å². The normalized spacial score (nSPS) is 8.00. The van der Waals surface area contributed by atoms with E-state index >= 15 is 0 Å². The van der Waals surface area contributed by atoms with Crippen molar-refractivity contribution < 1.29 is 26.0 Å². The summed E-state index contributed by atoms with van der Waals surface area (Å²) in [6, 6.07) is 8.68. The summed E-state index contributed by atoms with van der Waals surface area (Å²) < 4.78 is 0. The van der Waals surface area contributed by atoms with Crippen LogP contribution in [-0.4, -0.2) is 4.92 Å². The number of nitrogens with zero attached hydrogens (tertiary/aromatic N) is 1. The van der Waals surface area contributed by atoms with Gasteiger partial charge in [-0.2, -0.15) is 18.2 Å². The summed E-state index contributed by atoms with van der Waals surface area (Å²) >= 11 is 0. The molecule has 0 fully saturated rings. The minimum atomic E-state index is -0.472. The maximum Gasteiger partial charge on any atom is 0.162 e. The van der Waals surface area contributed by atoms with Crippen molar-refractivity contribution in [1.29, 1.82) is 0 Å². The second kappa shape index (κ2) is 4.18. The van der Waals surface area contributed by atoms with Crippen LogP contribution in [0.15, 0.2) is 24.3 Å². The van der Waals surface area contributed by atoms with Crippen molar-refractivity contribution in [2.45, 2.75) is 0 Å². The second-order valence-electron chi connectivity index (χ2n) is 1.50. The minimum Gasteiger partial charge on any atom is -0.260 e. The van der Waals surface area contributed by atoms with Gasteiger partial charge in [-0.1, -0.05) is 6.07 Å². The molecule has 0 N–H and O–H groups in total. The molecule has 10 heavy (non-hydrogen) atoms. The smallest absolute Gasteiger partial charge is 0.162 e. The molecular formula is C6H4NO2W-. The average Bonchev–Trinajstić information content (AvgIpc) is 1.90. The molecule has 52 valence electrons. The molecule has 0 spiro atoms. The van der Waals surface area contributed by atoms with Gasteiger partial charge in [0.2, 0.25) is 0 Å². The van der Waals surface area contributed by atoms with Crippen molar-refractivity contribution in [3.05, 3.63) is 40.4 Å². The van der Waals surface area contributed by atoms with E-state index in [1.165, 1.54) is 12.1 Å². The van der Waals surface area contributed by atoms with Gasteiger partial charge in [0, 0.05) is 26.0 Å². The van der Waals surface area contributed by atoms with Gasteiger partial charge in [-0.3, -0.25) is 10.1 Å². The monoisotopic (exact) mass is 306 g/mol. The topological polar surface area (TPSA) is 43.1 Å². The van der Waals surface area contributed by atoms with E-state index in [4.69, 9.17) is 0 Å². The van der Waals surface area contributed by atoms with Gasteiger partial charge >= 0.3 is 0 Å². The van der Waals surface area contributed by atoms with E-state index in [0.29, 0.717) is 0 Å². The molecule has 0 saturated carbocycles. The fraction of sp³-hybridized carbons (Fsp3) is 0. The summed E-state index contributed by atoms with van der Waals surface area (Å²) in [6.45, 7) is 0. The molecular weight excluding hydrogens is 302 g/mol. The number of nitro benzene ring substituents is 1. The summed E-state index contributed by atoms with van der Waals surface area (Å²) in [5.41, 5.74) is 0.0116. The van der Waals surface area contributed by atoms with Gasteiger partial charge in [-0.15, -0.1) is 6.07 Å². The van der Waals surface area contributed by atoms with Gasteiger partial charge in [0.05, 0.1) is 0 Å². The van der Waals surface area contributed by atoms with Crippen LogP contribution in [0.1, 0.15) is 0 Å². The predicted molar refractivity (Wildman–Crippen MR) is 31.9 cm³/mol. The molecule has 0 atom stereocenters. The van der Waals surface area contributed by atoms with E-state index in [2.05, 4.69) is 6.07 Å². The van der Waals surface area contributed by atoms with Crippen molar-refractivity contribution >= 4 is 5.69 Å². The Labute approximate surface area is 72.5 Å². The first kappa shape index (κ1) is 9.31. The van der Waals surface area contributed by atoms with Crippen LogP contribution < -0.4 is 0 Å². The molecule has 4 heteroatoms. The summed E-state index contributed by atoms with van der Waals surface area (Å²) in [5, 5.41) is 9.98. The molecule has 0 radical (unpaired) electrons. The van der Waals surface area contributed by atoms with Gasteiger partial charge in [-0.05, 0) is 0 Å². The molecule has 0 aromatic heterocycles. The number of nitro groups is 1. The van der Waals surface area contributed by atoms with Crippen molar-refractivity contribution in [1.82, 2.24) is 0 Å². The van der Waals surface area contributed by atoms with Gasteiger partial charge < -0.3 is 0 Å². The van der Waals surface area contributed by atoms with E-state index in [1.807, 2.05) is 0 Å². The zero-order valence-corrected chi connectivity index (χ0v) is 7.91. The molecule has 0 bridgehead atoms. The molecule has 0 aliphatic carbocycles. The first-order valence-corrected chi connectivity index (χ1v) is 2.42. The Morgan fingerprint density at radius 1 is 1.50 bits per heavy atom. The molecule has 1 aromatic rings. The zero-order valence-electron chi connectivity index (χ0n) is 4.98. The second-order valence-corrected chi connectivity index (χ2v) is 1.50. The van der Waals surface area contributed by atoms with Crippen LogP contribution in [-0.2, 0) is 21.1 Å². The fourth-order valence-electron chi connectivity index (χ4n) is 0.497. The third kappa shape index (κ3) is 2.27. The predicted octanol–water partition coefficient (Wildman–Crippen LogP) is 1.39. The Bertz CT molecular complexity index is 212. The maximum absolute atomic E-state index is 9.98. The van der Waals surface area contributed by atoms with Crippen LogP contribution in [0.25, 0.3) is 0 Å². The summed E-state index contributed by atoms with van der Waals surface area (Å²) in [6.07, 6.45) is 0. The summed E-state index contributed by atoms with van der Waals surface area (Å²) in [5.74, 6) is 0. The molecule has 0 unspecified atom stereocenters. The SMILES string of the molecule is O=[N+]([O-])c1[c-]cccc1.[W]. The maximum atomic E-state index is 9.98. The van der Waals surface area contributed by atoms with E-state index in [9.17, 15) is 10.1 Å². The van der Waals surface area contributed by atoms with Gasteiger partial charge in [0.1, 0.15) is 0 Å². The molecule has 0 amide bonds. The van der Waals surface area contributed by atoms with E-state index in [-0.39, 0.29) is 26.8 Å². The number of hydrogen-bond acceptors (Lipinski definition) is 2. The third-order valence-corrected chi connectivity index (χ3v) is 0.889. The first-order valence-electron chi connectivity index (χ1n) is 2.42. The Morgan fingerprint density at radius 3 is 2.50 bits per heavy atom. The number of para-hydroxylation sites is 1. The molecule has 1 rings (SSSR count). The van der Waals surface area contributed by atoms with Gasteiger partial charge in [-0.25, -0.2) is 0 Å². The van der Waals surface area contributed by atoms with Crippen molar-refractivity contribution in [3.63, 3.8) is 0 Å². The van der Waals surface area contributed by atoms with Crippen LogP contribution in [0.3, 0.4) is 0 Å². The molecule has 0 aliphatic heterocycles. The van der Waals surface area contributed by atoms with Crippen LogP contribution in [0.4, 0.5) is 5.69 Å².